The highest BCUT2D eigenvalue weighted by molar-refractivity contribution is 5.22. The highest BCUT2D eigenvalue weighted by atomic mass is 19.1. The molecule has 0 radical (unpaired) electrons. The molecule has 2 nitrogen and oxygen atoms in total. The molecule has 1 unspecified atom stereocenters. The van der Waals surface area contributed by atoms with Gasteiger partial charge in [-0.05, 0) is 25.1 Å². The maximum Gasteiger partial charge on any atom is 0.131 e. The molecule has 0 aliphatic rings. The lowest BCUT2D eigenvalue weighted by Gasteiger charge is -2.13. The van der Waals surface area contributed by atoms with Crippen molar-refractivity contribution in [1.29, 1.82) is 0 Å². The van der Waals surface area contributed by atoms with Gasteiger partial charge in [-0.15, -0.1) is 0 Å². The van der Waals surface area contributed by atoms with Crippen LogP contribution >= 0.6 is 0 Å². The lowest BCUT2D eigenvalue weighted by molar-refractivity contribution is 0.165. The molecule has 0 aliphatic carbocycles. The predicted octanol–water partition coefficient (Wildman–Crippen LogP) is 2.00. The van der Waals surface area contributed by atoms with Gasteiger partial charge in [-0.25, -0.2) is 8.78 Å². The summed E-state index contributed by atoms with van der Waals surface area (Å²) in [7, 11) is 0. The zero-order valence-corrected chi connectivity index (χ0v) is 8.63. The molecular formula is C11H15F2NO. The van der Waals surface area contributed by atoms with Crippen LogP contribution in [0.5, 0.6) is 0 Å². The Hall–Kier alpha value is -1.00. The summed E-state index contributed by atoms with van der Waals surface area (Å²) in [5, 5.41) is 12.5. The van der Waals surface area contributed by atoms with Crippen LogP contribution in [-0.2, 0) is 0 Å². The van der Waals surface area contributed by atoms with E-state index >= 15 is 0 Å². The van der Waals surface area contributed by atoms with Gasteiger partial charge >= 0.3 is 0 Å². The highest BCUT2D eigenvalue weighted by Crippen LogP contribution is 2.19. The van der Waals surface area contributed by atoms with Crippen molar-refractivity contribution in [1.82, 2.24) is 5.32 Å². The Morgan fingerprint density at radius 3 is 2.47 bits per heavy atom. The van der Waals surface area contributed by atoms with Crippen molar-refractivity contribution in [2.75, 3.05) is 13.1 Å². The summed E-state index contributed by atoms with van der Waals surface area (Å²) in [4.78, 5) is 0. The van der Waals surface area contributed by atoms with E-state index in [1.165, 1.54) is 6.07 Å². The van der Waals surface area contributed by atoms with Gasteiger partial charge in [0.1, 0.15) is 11.6 Å². The maximum atomic E-state index is 13.2. The Morgan fingerprint density at radius 1 is 1.33 bits per heavy atom. The molecule has 0 saturated carbocycles. The Balaban J connectivity index is 2.68. The van der Waals surface area contributed by atoms with Crippen molar-refractivity contribution in [3.8, 4) is 0 Å². The maximum absolute atomic E-state index is 13.2. The van der Waals surface area contributed by atoms with Gasteiger partial charge in [-0.1, -0.05) is 13.0 Å². The van der Waals surface area contributed by atoms with Crippen molar-refractivity contribution in [3.05, 3.63) is 35.4 Å². The first kappa shape index (κ1) is 12.1. The molecule has 0 spiro atoms. The van der Waals surface area contributed by atoms with Gasteiger partial charge in [-0.3, -0.25) is 0 Å². The minimum absolute atomic E-state index is 0.158. The van der Waals surface area contributed by atoms with Gasteiger partial charge in [0, 0.05) is 6.54 Å². The van der Waals surface area contributed by atoms with Crippen LogP contribution in [-0.4, -0.2) is 18.2 Å². The first-order valence-corrected chi connectivity index (χ1v) is 4.99. The van der Waals surface area contributed by atoms with E-state index in [1.54, 1.807) is 0 Å². The summed E-state index contributed by atoms with van der Waals surface area (Å²) in [6.45, 7) is 2.85. The van der Waals surface area contributed by atoms with Crippen molar-refractivity contribution in [2.24, 2.45) is 0 Å². The standard InChI is InChI=1S/C11H15F2NO/c1-2-6-14-7-10(15)11-8(12)4-3-5-9(11)13/h3-5,10,14-15H,2,6-7H2,1H3. The topological polar surface area (TPSA) is 32.3 Å². The van der Waals surface area contributed by atoms with E-state index < -0.39 is 17.7 Å². The Bertz CT molecular complexity index is 297. The minimum atomic E-state index is -1.14. The third kappa shape index (κ3) is 3.25. The van der Waals surface area contributed by atoms with Gasteiger partial charge in [0.2, 0.25) is 0 Å². The summed E-state index contributed by atoms with van der Waals surface area (Å²) in [6.07, 6.45) is -0.232. The summed E-state index contributed by atoms with van der Waals surface area (Å²) >= 11 is 0. The number of rotatable bonds is 5. The smallest absolute Gasteiger partial charge is 0.131 e. The average molecular weight is 215 g/mol. The van der Waals surface area contributed by atoms with Crippen molar-refractivity contribution in [2.45, 2.75) is 19.4 Å². The van der Waals surface area contributed by atoms with Crippen molar-refractivity contribution < 1.29 is 13.9 Å². The molecule has 1 atom stereocenters. The molecule has 1 aromatic carbocycles. The predicted molar refractivity (Wildman–Crippen MR) is 54.5 cm³/mol. The van der Waals surface area contributed by atoms with E-state index in [2.05, 4.69) is 5.32 Å². The van der Waals surface area contributed by atoms with Crippen LogP contribution in [0, 0.1) is 11.6 Å². The number of benzene rings is 1. The summed E-state index contributed by atoms with van der Waals surface area (Å²) in [5.41, 5.74) is -0.263. The summed E-state index contributed by atoms with van der Waals surface area (Å²) in [6, 6.07) is 3.56. The number of aliphatic hydroxyl groups excluding tert-OH is 1. The molecule has 1 aromatic rings. The zero-order chi connectivity index (χ0) is 11.3. The van der Waals surface area contributed by atoms with Crippen molar-refractivity contribution >= 4 is 0 Å². The molecule has 2 N–H and O–H groups in total. The number of aliphatic hydroxyl groups is 1. The zero-order valence-electron chi connectivity index (χ0n) is 8.63. The van der Waals surface area contributed by atoms with E-state index in [-0.39, 0.29) is 12.1 Å². The number of halogens is 2. The second kappa shape index (κ2) is 5.78. The number of hydrogen-bond donors (Lipinski definition) is 2. The molecule has 4 heteroatoms. The van der Waals surface area contributed by atoms with Crippen LogP contribution in [0.15, 0.2) is 18.2 Å². The molecule has 0 bridgehead atoms. The minimum Gasteiger partial charge on any atom is -0.387 e. The normalized spacial score (nSPS) is 12.8. The molecule has 0 aromatic heterocycles. The first-order valence-electron chi connectivity index (χ1n) is 4.99. The Labute approximate surface area is 87.9 Å². The molecule has 0 heterocycles. The van der Waals surface area contributed by atoms with E-state index in [4.69, 9.17) is 0 Å². The number of nitrogens with one attached hydrogen (secondary N) is 1. The second-order valence-corrected chi connectivity index (χ2v) is 3.36. The fourth-order valence-electron chi connectivity index (χ4n) is 1.35. The van der Waals surface area contributed by atoms with Gasteiger partial charge < -0.3 is 10.4 Å². The SMILES string of the molecule is CCCNCC(O)c1c(F)cccc1F. The average Bonchev–Trinajstić information content (AvgIpc) is 2.18. The first-order chi connectivity index (χ1) is 7.16. The fraction of sp³-hybridized carbons (Fsp3) is 0.455. The molecule has 1 rings (SSSR count). The van der Waals surface area contributed by atoms with E-state index in [1.807, 2.05) is 6.92 Å². The van der Waals surface area contributed by atoms with Crippen LogP contribution in [0.25, 0.3) is 0 Å². The summed E-state index contributed by atoms with van der Waals surface area (Å²) < 4.78 is 26.4. The summed E-state index contributed by atoms with van der Waals surface area (Å²) in [5.74, 6) is -1.42. The molecule has 0 aliphatic heterocycles. The molecule has 15 heavy (non-hydrogen) atoms. The van der Waals surface area contributed by atoms with Crippen LogP contribution in [0.4, 0.5) is 8.78 Å². The highest BCUT2D eigenvalue weighted by Gasteiger charge is 2.16. The lowest BCUT2D eigenvalue weighted by atomic mass is 10.1. The monoisotopic (exact) mass is 215 g/mol. The second-order valence-electron chi connectivity index (χ2n) is 3.36. The number of hydrogen-bond acceptors (Lipinski definition) is 2. The van der Waals surface area contributed by atoms with Crippen molar-refractivity contribution in [3.63, 3.8) is 0 Å². The third-order valence-corrected chi connectivity index (χ3v) is 2.10. The Kier molecular flexibility index (Phi) is 4.65. The van der Waals surface area contributed by atoms with Gasteiger partial charge in [-0.2, -0.15) is 0 Å². The fourth-order valence-corrected chi connectivity index (χ4v) is 1.35. The van der Waals surface area contributed by atoms with Crippen LogP contribution < -0.4 is 5.32 Å². The Morgan fingerprint density at radius 2 is 1.93 bits per heavy atom. The third-order valence-electron chi connectivity index (χ3n) is 2.10. The largest absolute Gasteiger partial charge is 0.387 e. The lowest BCUT2D eigenvalue weighted by Crippen LogP contribution is -2.23. The molecule has 0 saturated heterocycles. The van der Waals surface area contributed by atoms with Gasteiger partial charge in [0.25, 0.3) is 0 Å². The molecule has 0 fully saturated rings. The quantitative estimate of drug-likeness (QED) is 0.736. The molecular weight excluding hydrogens is 200 g/mol. The van der Waals surface area contributed by atoms with E-state index in [9.17, 15) is 13.9 Å². The van der Waals surface area contributed by atoms with Gasteiger partial charge in [0.15, 0.2) is 0 Å². The van der Waals surface area contributed by atoms with Crippen LogP contribution in [0.3, 0.4) is 0 Å². The molecule has 0 amide bonds. The van der Waals surface area contributed by atoms with E-state index in [0.717, 1.165) is 18.6 Å². The van der Waals surface area contributed by atoms with Crippen LogP contribution in [0.2, 0.25) is 0 Å². The molecule has 84 valence electrons. The van der Waals surface area contributed by atoms with Crippen LogP contribution in [0.1, 0.15) is 25.0 Å². The van der Waals surface area contributed by atoms with Gasteiger partial charge in [0.05, 0.1) is 11.7 Å². The van der Waals surface area contributed by atoms with E-state index in [0.29, 0.717) is 6.54 Å².